The lowest BCUT2D eigenvalue weighted by Crippen LogP contribution is -2.28. The van der Waals surface area contributed by atoms with Gasteiger partial charge in [-0.05, 0) is 24.5 Å². The van der Waals surface area contributed by atoms with E-state index in [1.54, 1.807) is 0 Å². The van der Waals surface area contributed by atoms with Crippen LogP contribution in [0.4, 0.5) is 8.78 Å². The predicted molar refractivity (Wildman–Crippen MR) is 60.2 cm³/mol. The number of nitrogens with one attached hydrogen (secondary N) is 1. The summed E-state index contributed by atoms with van der Waals surface area (Å²) in [5.74, 6) is -1.98. The van der Waals surface area contributed by atoms with E-state index < -0.39 is 38.7 Å². The molecule has 1 aliphatic carbocycles. The van der Waals surface area contributed by atoms with E-state index in [0.29, 0.717) is 6.42 Å². The van der Waals surface area contributed by atoms with Crippen molar-refractivity contribution in [1.29, 1.82) is 0 Å². The average Bonchev–Trinajstić information content (AvgIpc) is 2.93. The quantitative estimate of drug-likeness (QED) is 0.867. The summed E-state index contributed by atoms with van der Waals surface area (Å²) >= 11 is 0. The molecule has 18 heavy (non-hydrogen) atoms. The van der Waals surface area contributed by atoms with Crippen molar-refractivity contribution in [2.75, 3.05) is 0 Å². The molecule has 2 N–H and O–H groups in total. The summed E-state index contributed by atoms with van der Waals surface area (Å²) in [5.41, 5.74) is -0.637. The van der Waals surface area contributed by atoms with E-state index in [4.69, 9.17) is 5.11 Å². The van der Waals surface area contributed by atoms with Crippen molar-refractivity contribution >= 4 is 10.0 Å². The van der Waals surface area contributed by atoms with Crippen molar-refractivity contribution in [2.24, 2.45) is 5.92 Å². The molecule has 1 fully saturated rings. The van der Waals surface area contributed by atoms with Gasteiger partial charge in [0.2, 0.25) is 10.0 Å². The van der Waals surface area contributed by atoms with E-state index in [1.165, 1.54) is 0 Å². The third-order valence-corrected chi connectivity index (χ3v) is 4.52. The van der Waals surface area contributed by atoms with Gasteiger partial charge >= 0.3 is 0 Å². The molecular weight excluding hydrogens is 264 g/mol. The monoisotopic (exact) mass is 277 g/mol. The van der Waals surface area contributed by atoms with E-state index in [-0.39, 0.29) is 12.0 Å². The van der Waals surface area contributed by atoms with Crippen LogP contribution in [0.3, 0.4) is 0 Å². The molecule has 0 amide bonds. The fourth-order valence-corrected chi connectivity index (χ4v) is 3.14. The lowest BCUT2D eigenvalue weighted by atomic mass is 10.2. The number of aliphatic hydroxyl groups is 1. The highest BCUT2D eigenvalue weighted by Gasteiger charge is 2.37. The number of benzene rings is 1. The van der Waals surface area contributed by atoms with Gasteiger partial charge in [0, 0.05) is 6.04 Å². The maximum Gasteiger partial charge on any atom is 0.243 e. The Morgan fingerprint density at radius 2 is 2.06 bits per heavy atom. The lowest BCUT2D eigenvalue weighted by molar-refractivity contribution is 0.267. The van der Waals surface area contributed by atoms with Gasteiger partial charge in [0.1, 0.15) is 10.7 Å². The first kappa shape index (κ1) is 13.4. The number of hydrogen-bond donors (Lipinski definition) is 2. The molecular formula is C11H13F2NO3S. The SMILES string of the molecule is CC1CC1NS(=O)(=O)c1ccc(F)c(CO)c1F. The summed E-state index contributed by atoms with van der Waals surface area (Å²) in [4.78, 5) is -0.632. The molecule has 0 spiro atoms. The summed E-state index contributed by atoms with van der Waals surface area (Å²) in [7, 11) is -4.01. The first-order valence-electron chi connectivity index (χ1n) is 5.47. The van der Waals surface area contributed by atoms with Gasteiger partial charge < -0.3 is 5.11 Å². The summed E-state index contributed by atoms with van der Waals surface area (Å²) in [6, 6.07) is 1.50. The molecule has 0 radical (unpaired) electrons. The predicted octanol–water partition coefficient (Wildman–Crippen LogP) is 1.14. The zero-order valence-electron chi connectivity index (χ0n) is 9.65. The molecule has 2 rings (SSSR count). The smallest absolute Gasteiger partial charge is 0.243 e. The van der Waals surface area contributed by atoms with Crippen molar-refractivity contribution in [3.05, 3.63) is 29.3 Å². The van der Waals surface area contributed by atoms with Crippen molar-refractivity contribution in [3.63, 3.8) is 0 Å². The normalized spacial score (nSPS) is 23.1. The standard InChI is InChI=1S/C11H13F2NO3S/c1-6-4-9(6)14-18(16,17)10-3-2-8(12)7(5-15)11(10)13/h2-3,6,9,14-15H,4-5H2,1H3. The molecule has 0 saturated heterocycles. The molecule has 1 aromatic rings. The molecule has 0 aromatic heterocycles. The summed E-state index contributed by atoms with van der Waals surface area (Å²) in [5, 5.41) is 8.83. The van der Waals surface area contributed by atoms with Gasteiger partial charge in [0.25, 0.3) is 0 Å². The second-order valence-electron chi connectivity index (χ2n) is 4.44. The molecule has 4 nitrogen and oxygen atoms in total. The Labute approximate surface area is 104 Å². The molecule has 2 atom stereocenters. The van der Waals surface area contributed by atoms with Crippen LogP contribution in [0.15, 0.2) is 17.0 Å². The Kier molecular flexibility index (Phi) is 3.39. The third kappa shape index (κ3) is 2.38. The Hall–Kier alpha value is -1.05. The number of hydrogen-bond acceptors (Lipinski definition) is 3. The molecule has 1 aliphatic rings. The fraction of sp³-hybridized carbons (Fsp3) is 0.455. The van der Waals surface area contributed by atoms with Crippen LogP contribution in [-0.4, -0.2) is 19.6 Å². The average molecular weight is 277 g/mol. The second-order valence-corrected chi connectivity index (χ2v) is 6.12. The van der Waals surface area contributed by atoms with E-state index in [2.05, 4.69) is 4.72 Å². The van der Waals surface area contributed by atoms with Gasteiger partial charge in [-0.1, -0.05) is 6.92 Å². The van der Waals surface area contributed by atoms with Crippen LogP contribution < -0.4 is 4.72 Å². The summed E-state index contributed by atoms with van der Waals surface area (Å²) in [6.45, 7) is 0.980. The van der Waals surface area contributed by atoms with Crippen LogP contribution in [0.2, 0.25) is 0 Å². The van der Waals surface area contributed by atoms with E-state index in [9.17, 15) is 17.2 Å². The molecule has 1 saturated carbocycles. The fourth-order valence-electron chi connectivity index (χ4n) is 1.68. The zero-order valence-corrected chi connectivity index (χ0v) is 10.5. The van der Waals surface area contributed by atoms with E-state index in [1.807, 2.05) is 6.92 Å². The topological polar surface area (TPSA) is 66.4 Å². The van der Waals surface area contributed by atoms with Gasteiger partial charge in [-0.3, -0.25) is 0 Å². The van der Waals surface area contributed by atoms with E-state index in [0.717, 1.165) is 12.1 Å². The minimum atomic E-state index is -4.01. The third-order valence-electron chi connectivity index (χ3n) is 3.01. The molecule has 100 valence electrons. The Bertz CT molecular complexity index is 574. The maximum atomic E-state index is 13.8. The second kappa shape index (κ2) is 4.56. The zero-order chi connectivity index (χ0) is 13.5. The summed E-state index contributed by atoms with van der Waals surface area (Å²) in [6.07, 6.45) is 0.703. The van der Waals surface area contributed by atoms with Crippen LogP contribution in [0.1, 0.15) is 18.9 Å². The van der Waals surface area contributed by atoms with Crippen LogP contribution in [0.5, 0.6) is 0 Å². The molecule has 1 aromatic carbocycles. The number of sulfonamides is 1. The summed E-state index contributed by atoms with van der Waals surface area (Å²) < 4.78 is 53.0. The highest BCUT2D eigenvalue weighted by atomic mass is 32.2. The van der Waals surface area contributed by atoms with Gasteiger partial charge in [-0.25, -0.2) is 21.9 Å². The van der Waals surface area contributed by atoms with Crippen LogP contribution in [-0.2, 0) is 16.6 Å². The van der Waals surface area contributed by atoms with Gasteiger partial charge in [0.15, 0.2) is 5.82 Å². The van der Waals surface area contributed by atoms with Crippen molar-refractivity contribution in [3.8, 4) is 0 Å². The molecule has 2 unspecified atom stereocenters. The first-order valence-corrected chi connectivity index (χ1v) is 6.95. The van der Waals surface area contributed by atoms with Crippen molar-refractivity contribution in [2.45, 2.75) is 30.9 Å². The number of halogens is 2. The largest absolute Gasteiger partial charge is 0.391 e. The molecule has 7 heteroatoms. The van der Waals surface area contributed by atoms with Gasteiger partial charge in [-0.15, -0.1) is 0 Å². The number of rotatable bonds is 4. The van der Waals surface area contributed by atoms with E-state index >= 15 is 0 Å². The molecule has 0 aliphatic heterocycles. The lowest BCUT2D eigenvalue weighted by Gasteiger charge is -2.09. The highest BCUT2D eigenvalue weighted by Crippen LogP contribution is 2.31. The van der Waals surface area contributed by atoms with Crippen molar-refractivity contribution in [1.82, 2.24) is 4.72 Å². The highest BCUT2D eigenvalue weighted by molar-refractivity contribution is 7.89. The van der Waals surface area contributed by atoms with Crippen LogP contribution in [0, 0.1) is 17.6 Å². The Balaban J connectivity index is 2.38. The molecule has 0 bridgehead atoms. The maximum absolute atomic E-state index is 13.8. The van der Waals surface area contributed by atoms with Gasteiger partial charge in [-0.2, -0.15) is 0 Å². The van der Waals surface area contributed by atoms with Crippen LogP contribution >= 0.6 is 0 Å². The van der Waals surface area contributed by atoms with Crippen molar-refractivity contribution < 1.29 is 22.3 Å². The van der Waals surface area contributed by atoms with Gasteiger partial charge in [0.05, 0.1) is 12.2 Å². The molecule has 0 heterocycles. The Morgan fingerprint density at radius 1 is 1.44 bits per heavy atom. The first-order chi connectivity index (χ1) is 8.36. The van der Waals surface area contributed by atoms with Crippen LogP contribution in [0.25, 0.3) is 0 Å². The minimum absolute atomic E-state index is 0.197. The Morgan fingerprint density at radius 3 is 2.56 bits per heavy atom. The number of aliphatic hydroxyl groups excluding tert-OH is 1. The minimum Gasteiger partial charge on any atom is -0.391 e.